The zero-order chi connectivity index (χ0) is 18.4. The van der Waals surface area contributed by atoms with Gasteiger partial charge in [0, 0.05) is 10.6 Å². The fraction of sp³-hybridized carbons (Fsp3) is 0.222. The molecule has 132 valence electrons. The maximum atomic E-state index is 13.6. The summed E-state index contributed by atoms with van der Waals surface area (Å²) in [7, 11) is 1.48. The molecule has 0 fully saturated rings. The van der Waals surface area contributed by atoms with E-state index in [9.17, 15) is 14.0 Å². The van der Waals surface area contributed by atoms with Crippen LogP contribution in [0.15, 0.2) is 36.4 Å². The number of hydrogen-bond acceptors (Lipinski definition) is 4. The fourth-order valence-corrected chi connectivity index (χ4v) is 2.38. The molecule has 2 aromatic carbocycles. The first-order chi connectivity index (χ1) is 11.9. The second-order valence-electron chi connectivity index (χ2n) is 5.29. The van der Waals surface area contributed by atoms with Crippen molar-refractivity contribution in [1.82, 2.24) is 0 Å². The van der Waals surface area contributed by atoms with Crippen LogP contribution in [0.3, 0.4) is 0 Å². The van der Waals surface area contributed by atoms with E-state index in [2.05, 4.69) is 5.32 Å². The van der Waals surface area contributed by atoms with E-state index in [-0.39, 0.29) is 17.0 Å². The molecule has 0 spiro atoms. The van der Waals surface area contributed by atoms with Crippen molar-refractivity contribution in [2.45, 2.75) is 13.3 Å². The van der Waals surface area contributed by atoms with Crippen LogP contribution < -0.4 is 10.1 Å². The number of aryl methyl sites for hydroxylation is 1. The topological polar surface area (TPSA) is 64.6 Å². The van der Waals surface area contributed by atoms with Crippen LogP contribution in [0.2, 0.25) is 5.02 Å². The lowest BCUT2D eigenvalue weighted by atomic mass is 10.1. The number of nitrogens with one attached hydrogen (secondary N) is 1. The Balaban J connectivity index is 1.92. The molecule has 0 saturated carbocycles. The van der Waals surface area contributed by atoms with Gasteiger partial charge in [-0.2, -0.15) is 0 Å². The van der Waals surface area contributed by atoms with Crippen LogP contribution in [0.4, 0.5) is 10.1 Å². The lowest BCUT2D eigenvalue weighted by Gasteiger charge is -2.11. The molecule has 5 nitrogen and oxygen atoms in total. The fourth-order valence-electron chi connectivity index (χ4n) is 2.15. The molecular formula is C18H17ClFNO4. The standard InChI is InChI=1S/C18H17ClFNO4/c1-11-6-7-16(24-2)15(8-11)21-17(22)10-25-18(23)9-12-13(19)4-3-5-14(12)20/h3-8H,9-10H2,1-2H3,(H,21,22). The molecule has 2 aromatic rings. The summed E-state index contributed by atoms with van der Waals surface area (Å²) in [6.45, 7) is 1.37. The highest BCUT2D eigenvalue weighted by Crippen LogP contribution is 2.25. The number of carbonyl (C=O) groups is 2. The highest BCUT2D eigenvalue weighted by atomic mass is 35.5. The van der Waals surface area contributed by atoms with Gasteiger partial charge in [0.1, 0.15) is 11.6 Å². The maximum Gasteiger partial charge on any atom is 0.310 e. The quantitative estimate of drug-likeness (QED) is 0.795. The molecule has 0 radical (unpaired) electrons. The van der Waals surface area contributed by atoms with Crippen LogP contribution in [-0.4, -0.2) is 25.6 Å². The van der Waals surface area contributed by atoms with Crippen molar-refractivity contribution in [1.29, 1.82) is 0 Å². The Kier molecular flexibility index (Phi) is 6.36. The number of carbonyl (C=O) groups excluding carboxylic acids is 2. The number of ether oxygens (including phenoxy) is 2. The average molecular weight is 366 g/mol. The molecule has 0 aliphatic carbocycles. The summed E-state index contributed by atoms with van der Waals surface area (Å²) in [5.41, 5.74) is 1.44. The third kappa shape index (κ3) is 5.19. The number of methoxy groups -OCH3 is 1. The molecule has 0 atom stereocenters. The molecule has 0 saturated heterocycles. The van der Waals surface area contributed by atoms with Crippen LogP contribution in [-0.2, 0) is 20.7 Å². The van der Waals surface area contributed by atoms with Gasteiger partial charge < -0.3 is 14.8 Å². The zero-order valence-corrected chi connectivity index (χ0v) is 14.5. The van der Waals surface area contributed by atoms with Gasteiger partial charge >= 0.3 is 5.97 Å². The first kappa shape index (κ1) is 18.7. The highest BCUT2D eigenvalue weighted by Gasteiger charge is 2.15. The second kappa shape index (κ2) is 8.48. The maximum absolute atomic E-state index is 13.6. The number of rotatable bonds is 6. The van der Waals surface area contributed by atoms with Crippen molar-refractivity contribution in [2.75, 3.05) is 19.0 Å². The summed E-state index contributed by atoms with van der Waals surface area (Å²) in [4.78, 5) is 23.7. The lowest BCUT2D eigenvalue weighted by molar-refractivity contribution is -0.146. The van der Waals surface area contributed by atoms with Gasteiger partial charge in [0.15, 0.2) is 6.61 Å². The first-order valence-electron chi connectivity index (χ1n) is 7.43. The van der Waals surface area contributed by atoms with Crippen LogP contribution in [0, 0.1) is 12.7 Å². The Morgan fingerprint density at radius 2 is 2.00 bits per heavy atom. The predicted molar refractivity (Wildman–Crippen MR) is 92.4 cm³/mol. The first-order valence-corrected chi connectivity index (χ1v) is 7.81. The molecular weight excluding hydrogens is 349 g/mol. The number of amides is 1. The predicted octanol–water partition coefficient (Wildman–Crippen LogP) is 3.52. The minimum atomic E-state index is -0.752. The zero-order valence-electron chi connectivity index (χ0n) is 13.8. The lowest BCUT2D eigenvalue weighted by Crippen LogP contribution is -2.22. The van der Waals surface area contributed by atoms with Gasteiger partial charge in [0.05, 0.1) is 19.2 Å². The number of anilines is 1. The van der Waals surface area contributed by atoms with E-state index < -0.39 is 24.3 Å². The number of esters is 1. The van der Waals surface area contributed by atoms with Gasteiger partial charge in [-0.15, -0.1) is 0 Å². The van der Waals surface area contributed by atoms with Gasteiger partial charge in [-0.1, -0.05) is 23.7 Å². The largest absolute Gasteiger partial charge is 0.495 e. The van der Waals surface area contributed by atoms with Crippen LogP contribution in [0.1, 0.15) is 11.1 Å². The number of halogens is 2. The van der Waals surface area contributed by atoms with Crippen molar-refractivity contribution >= 4 is 29.2 Å². The molecule has 0 aromatic heterocycles. The van der Waals surface area contributed by atoms with Crippen LogP contribution in [0.25, 0.3) is 0 Å². The number of benzene rings is 2. The summed E-state index contributed by atoms with van der Waals surface area (Å²) in [5, 5.41) is 2.73. The minimum Gasteiger partial charge on any atom is -0.495 e. The third-order valence-electron chi connectivity index (χ3n) is 3.38. The minimum absolute atomic E-state index is 0.0370. The van der Waals surface area contributed by atoms with E-state index in [4.69, 9.17) is 21.1 Å². The second-order valence-corrected chi connectivity index (χ2v) is 5.70. The van der Waals surface area contributed by atoms with Crippen molar-refractivity contribution in [3.05, 3.63) is 58.4 Å². The van der Waals surface area contributed by atoms with Gasteiger partial charge in [0.2, 0.25) is 0 Å². The Hall–Kier alpha value is -2.60. The Bertz CT molecular complexity index is 774. The smallest absolute Gasteiger partial charge is 0.310 e. The van der Waals surface area contributed by atoms with Gasteiger partial charge in [-0.3, -0.25) is 9.59 Å². The number of hydrogen-bond donors (Lipinski definition) is 1. The Morgan fingerprint density at radius 3 is 2.68 bits per heavy atom. The van der Waals surface area contributed by atoms with Crippen LogP contribution in [0.5, 0.6) is 5.75 Å². The highest BCUT2D eigenvalue weighted by molar-refractivity contribution is 6.31. The molecule has 2 rings (SSSR count). The van der Waals surface area contributed by atoms with Gasteiger partial charge in [0.25, 0.3) is 5.91 Å². The normalized spacial score (nSPS) is 10.2. The Labute approximate surface area is 149 Å². The summed E-state index contributed by atoms with van der Waals surface area (Å²) in [6.07, 6.45) is -0.355. The third-order valence-corrected chi connectivity index (χ3v) is 3.73. The molecule has 0 aliphatic heterocycles. The molecule has 0 unspecified atom stereocenters. The molecule has 0 heterocycles. The molecule has 0 bridgehead atoms. The van der Waals surface area contributed by atoms with Crippen molar-refractivity contribution in [2.24, 2.45) is 0 Å². The van der Waals surface area contributed by atoms with E-state index in [1.165, 1.54) is 25.3 Å². The summed E-state index contributed by atoms with van der Waals surface area (Å²) < 4.78 is 23.7. The van der Waals surface area contributed by atoms with Gasteiger partial charge in [-0.25, -0.2) is 4.39 Å². The molecule has 1 amide bonds. The van der Waals surface area contributed by atoms with E-state index in [0.717, 1.165) is 5.56 Å². The van der Waals surface area contributed by atoms with Crippen LogP contribution >= 0.6 is 11.6 Å². The molecule has 0 aliphatic rings. The van der Waals surface area contributed by atoms with E-state index in [1.54, 1.807) is 12.1 Å². The monoisotopic (exact) mass is 365 g/mol. The summed E-state index contributed by atoms with van der Waals surface area (Å²) in [6, 6.07) is 9.41. The van der Waals surface area contributed by atoms with E-state index in [1.807, 2.05) is 13.0 Å². The van der Waals surface area contributed by atoms with Crippen molar-refractivity contribution in [3.63, 3.8) is 0 Å². The van der Waals surface area contributed by atoms with E-state index >= 15 is 0 Å². The summed E-state index contributed by atoms with van der Waals surface area (Å²) in [5.74, 6) is -1.39. The molecule has 25 heavy (non-hydrogen) atoms. The molecule has 7 heteroatoms. The average Bonchev–Trinajstić information content (AvgIpc) is 2.57. The van der Waals surface area contributed by atoms with Crippen molar-refractivity contribution in [3.8, 4) is 5.75 Å². The Morgan fingerprint density at radius 1 is 1.24 bits per heavy atom. The molecule has 1 N–H and O–H groups in total. The van der Waals surface area contributed by atoms with Gasteiger partial charge in [-0.05, 0) is 36.8 Å². The SMILES string of the molecule is COc1ccc(C)cc1NC(=O)COC(=O)Cc1c(F)cccc1Cl. The van der Waals surface area contributed by atoms with Crippen molar-refractivity contribution < 1.29 is 23.5 Å². The van der Waals surface area contributed by atoms with E-state index in [0.29, 0.717) is 11.4 Å². The summed E-state index contributed by atoms with van der Waals surface area (Å²) >= 11 is 5.85.